The molecule has 2 aliphatic heterocycles. The highest BCUT2D eigenvalue weighted by atomic mass is 16.5. The molecular formula is C16H24N4O2. The van der Waals surface area contributed by atoms with Gasteiger partial charge in [-0.05, 0) is 32.6 Å². The van der Waals surface area contributed by atoms with Crippen molar-refractivity contribution < 1.29 is 9.53 Å². The molecular weight excluding hydrogens is 280 g/mol. The van der Waals surface area contributed by atoms with Gasteiger partial charge in [0, 0.05) is 44.0 Å². The van der Waals surface area contributed by atoms with Gasteiger partial charge < -0.3 is 15.0 Å². The predicted molar refractivity (Wildman–Crippen MR) is 83.6 cm³/mol. The number of ether oxygens (including phenoxy) is 1. The molecule has 0 unspecified atom stereocenters. The molecule has 0 spiro atoms. The van der Waals surface area contributed by atoms with Crippen molar-refractivity contribution in [3.05, 3.63) is 17.6 Å². The standard InChI is InChI=1S/C16H24N4O2/c1-12-10-15(20-6-2-3-7-20)19-14(18-12)11-17-16(21)13-4-8-22-9-5-13/h10,13H,2-9,11H2,1H3,(H,17,21). The van der Waals surface area contributed by atoms with Crippen LogP contribution in [0.5, 0.6) is 0 Å². The van der Waals surface area contributed by atoms with Gasteiger partial charge in [0.15, 0.2) is 0 Å². The highest BCUT2D eigenvalue weighted by Gasteiger charge is 2.21. The summed E-state index contributed by atoms with van der Waals surface area (Å²) in [5.41, 5.74) is 0.951. The Bertz CT molecular complexity index is 523. The highest BCUT2D eigenvalue weighted by Crippen LogP contribution is 2.19. The number of nitrogens with one attached hydrogen (secondary N) is 1. The van der Waals surface area contributed by atoms with Crippen LogP contribution < -0.4 is 10.2 Å². The zero-order chi connectivity index (χ0) is 15.4. The summed E-state index contributed by atoms with van der Waals surface area (Å²) in [6, 6.07) is 2.02. The molecule has 0 saturated carbocycles. The van der Waals surface area contributed by atoms with E-state index in [1.165, 1.54) is 12.8 Å². The third-order valence-corrected chi connectivity index (χ3v) is 4.33. The van der Waals surface area contributed by atoms with E-state index >= 15 is 0 Å². The van der Waals surface area contributed by atoms with Crippen molar-refractivity contribution in [2.45, 2.75) is 39.2 Å². The lowest BCUT2D eigenvalue weighted by Crippen LogP contribution is -2.34. The molecule has 3 rings (SSSR count). The Labute approximate surface area is 131 Å². The van der Waals surface area contributed by atoms with Crippen LogP contribution in [0.3, 0.4) is 0 Å². The van der Waals surface area contributed by atoms with Crippen LogP contribution in [0.25, 0.3) is 0 Å². The number of rotatable bonds is 4. The number of anilines is 1. The van der Waals surface area contributed by atoms with Crippen LogP contribution in [0, 0.1) is 12.8 Å². The van der Waals surface area contributed by atoms with Gasteiger partial charge in [0.05, 0.1) is 6.54 Å². The van der Waals surface area contributed by atoms with Crippen molar-refractivity contribution in [2.24, 2.45) is 5.92 Å². The minimum atomic E-state index is 0.0663. The molecule has 22 heavy (non-hydrogen) atoms. The molecule has 1 aromatic heterocycles. The van der Waals surface area contributed by atoms with E-state index < -0.39 is 0 Å². The fraction of sp³-hybridized carbons (Fsp3) is 0.688. The van der Waals surface area contributed by atoms with Gasteiger partial charge in [0.2, 0.25) is 5.91 Å². The maximum Gasteiger partial charge on any atom is 0.223 e. The summed E-state index contributed by atoms with van der Waals surface area (Å²) in [6.45, 7) is 5.86. The Morgan fingerprint density at radius 3 is 2.77 bits per heavy atom. The van der Waals surface area contributed by atoms with Crippen molar-refractivity contribution in [3.63, 3.8) is 0 Å². The molecule has 0 atom stereocenters. The molecule has 0 bridgehead atoms. The lowest BCUT2D eigenvalue weighted by molar-refractivity contribution is -0.128. The zero-order valence-electron chi connectivity index (χ0n) is 13.2. The SMILES string of the molecule is Cc1cc(N2CCCC2)nc(CNC(=O)C2CCOCC2)n1. The number of aromatic nitrogens is 2. The van der Waals surface area contributed by atoms with E-state index in [0.717, 1.165) is 37.4 Å². The van der Waals surface area contributed by atoms with Gasteiger partial charge in [-0.1, -0.05) is 0 Å². The summed E-state index contributed by atoms with van der Waals surface area (Å²) in [5.74, 6) is 1.84. The van der Waals surface area contributed by atoms with E-state index in [1.54, 1.807) is 0 Å². The van der Waals surface area contributed by atoms with Crippen LogP contribution in [0.4, 0.5) is 5.82 Å². The maximum atomic E-state index is 12.2. The number of hydrogen-bond donors (Lipinski definition) is 1. The summed E-state index contributed by atoms with van der Waals surface area (Å²) in [5, 5.41) is 2.98. The molecule has 2 aliphatic rings. The second-order valence-electron chi connectivity index (χ2n) is 6.08. The average Bonchev–Trinajstić information content (AvgIpc) is 3.07. The van der Waals surface area contributed by atoms with Crippen molar-refractivity contribution in [3.8, 4) is 0 Å². The van der Waals surface area contributed by atoms with E-state index in [1.807, 2.05) is 13.0 Å². The third-order valence-electron chi connectivity index (χ3n) is 4.33. The highest BCUT2D eigenvalue weighted by molar-refractivity contribution is 5.78. The Hall–Kier alpha value is -1.69. The first-order valence-corrected chi connectivity index (χ1v) is 8.17. The molecule has 2 saturated heterocycles. The summed E-state index contributed by atoms with van der Waals surface area (Å²) >= 11 is 0. The van der Waals surface area contributed by atoms with Crippen LogP contribution in [0.1, 0.15) is 37.2 Å². The van der Waals surface area contributed by atoms with Crippen molar-refractivity contribution in [1.29, 1.82) is 0 Å². The van der Waals surface area contributed by atoms with Crippen LogP contribution in [-0.2, 0) is 16.1 Å². The first kappa shape index (κ1) is 15.2. The van der Waals surface area contributed by atoms with Crippen molar-refractivity contribution in [2.75, 3.05) is 31.2 Å². The molecule has 1 amide bonds. The van der Waals surface area contributed by atoms with E-state index in [-0.39, 0.29) is 11.8 Å². The lowest BCUT2D eigenvalue weighted by Gasteiger charge is -2.21. The lowest BCUT2D eigenvalue weighted by atomic mass is 9.99. The molecule has 120 valence electrons. The van der Waals surface area contributed by atoms with E-state index in [2.05, 4.69) is 20.2 Å². The number of amides is 1. The summed E-state index contributed by atoms with van der Waals surface area (Å²) in [7, 11) is 0. The van der Waals surface area contributed by atoms with E-state index in [0.29, 0.717) is 25.6 Å². The van der Waals surface area contributed by atoms with Crippen molar-refractivity contribution >= 4 is 11.7 Å². The minimum Gasteiger partial charge on any atom is -0.381 e. The number of carbonyl (C=O) groups is 1. The van der Waals surface area contributed by atoms with Gasteiger partial charge in [0.1, 0.15) is 11.6 Å². The minimum absolute atomic E-state index is 0.0663. The van der Waals surface area contributed by atoms with E-state index in [9.17, 15) is 4.79 Å². The summed E-state index contributed by atoms with van der Waals surface area (Å²) in [6.07, 6.45) is 4.05. The van der Waals surface area contributed by atoms with Gasteiger partial charge in [-0.25, -0.2) is 9.97 Å². The predicted octanol–water partition coefficient (Wildman–Crippen LogP) is 1.43. The second kappa shape index (κ2) is 7.05. The number of aryl methyl sites for hydroxylation is 1. The smallest absolute Gasteiger partial charge is 0.223 e. The molecule has 1 N–H and O–H groups in total. The molecule has 6 nitrogen and oxygen atoms in total. The van der Waals surface area contributed by atoms with Gasteiger partial charge >= 0.3 is 0 Å². The topological polar surface area (TPSA) is 67.4 Å². The van der Waals surface area contributed by atoms with Gasteiger partial charge in [-0.3, -0.25) is 4.79 Å². The number of hydrogen-bond acceptors (Lipinski definition) is 5. The van der Waals surface area contributed by atoms with Crippen LogP contribution in [-0.4, -0.2) is 42.2 Å². The number of nitrogens with zero attached hydrogens (tertiary/aromatic N) is 3. The van der Waals surface area contributed by atoms with Gasteiger partial charge in [-0.15, -0.1) is 0 Å². The first-order valence-electron chi connectivity index (χ1n) is 8.17. The third kappa shape index (κ3) is 3.74. The molecule has 2 fully saturated rings. The van der Waals surface area contributed by atoms with Crippen LogP contribution >= 0.6 is 0 Å². The summed E-state index contributed by atoms with van der Waals surface area (Å²) < 4.78 is 5.29. The molecule has 1 aromatic rings. The molecule has 6 heteroatoms. The second-order valence-corrected chi connectivity index (χ2v) is 6.08. The van der Waals surface area contributed by atoms with Gasteiger partial charge in [0.25, 0.3) is 0 Å². The monoisotopic (exact) mass is 304 g/mol. The Morgan fingerprint density at radius 1 is 1.32 bits per heavy atom. The summed E-state index contributed by atoms with van der Waals surface area (Å²) in [4.78, 5) is 23.5. The molecule has 0 aromatic carbocycles. The number of carbonyl (C=O) groups excluding carboxylic acids is 1. The average molecular weight is 304 g/mol. The molecule has 3 heterocycles. The fourth-order valence-electron chi connectivity index (χ4n) is 3.07. The Morgan fingerprint density at radius 2 is 2.05 bits per heavy atom. The molecule has 0 radical (unpaired) electrons. The zero-order valence-corrected chi connectivity index (χ0v) is 13.2. The quantitative estimate of drug-likeness (QED) is 0.911. The fourth-order valence-corrected chi connectivity index (χ4v) is 3.07. The Balaban J connectivity index is 1.60. The van der Waals surface area contributed by atoms with Crippen LogP contribution in [0.2, 0.25) is 0 Å². The normalized spacial score (nSPS) is 19.4. The largest absolute Gasteiger partial charge is 0.381 e. The van der Waals surface area contributed by atoms with E-state index in [4.69, 9.17) is 4.74 Å². The van der Waals surface area contributed by atoms with Crippen LogP contribution in [0.15, 0.2) is 6.07 Å². The molecule has 0 aliphatic carbocycles. The van der Waals surface area contributed by atoms with Crippen molar-refractivity contribution in [1.82, 2.24) is 15.3 Å². The van der Waals surface area contributed by atoms with Gasteiger partial charge in [-0.2, -0.15) is 0 Å². The Kier molecular flexibility index (Phi) is 4.87. The maximum absolute atomic E-state index is 12.2. The first-order chi connectivity index (χ1) is 10.7.